The highest BCUT2D eigenvalue weighted by Gasteiger charge is 2.34. The summed E-state index contributed by atoms with van der Waals surface area (Å²) in [6, 6.07) is 18.6. The van der Waals surface area contributed by atoms with Crippen molar-refractivity contribution in [1.82, 2.24) is 20.1 Å². The topological polar surface area (TPSA) is 77.7 Å². The van der Waals surface area contributed by atoms with Gasteiger partial charge in [0.15, 0.2) is 0 Å². The number of halogens is 1. The number of carbonyl (C=O) groups is 2. The van der Waals surface area contributed by atoms with Crippen LogP contribution in [0.3, 0.4) is 0 Å². The van der Waals surface area contributed by atoms with Crippen molar-refractivity contribution < 1.29 is 18.7 Å². The lowest BCUT2D eigenvalue weighted by Crippen LogP contribution is -2.50. The Morgan fingerprint density at radius 1 is 0.974 bits per heavy atom. The summed E-state index contributed by atoms with van der Waals surface area (Å²) < 4.78 is 19.4. The normalized spacial score (nSPS) is 17.5. The molecule has 1 aliphatic heterocycles. The first-order valence-electron chi connectivity index (χ1n) is 14.0. The van der Waals surface area contributed by atoms with Crippen LogP contribution in [-0.4, -0.2) is 72.0 Å². The fourth-order valence-electron chi connectivity index (χ4n) is 5.53. The molecule has 1 saturated heterocycles. The van der Waals surface area contributed by atoms with E-state index in [1.807, 2.05) is 36.4 Å². The Morgan fingerprint density at radius 2 is 1.69 bits per heavy atom. The molecule has 0 bridgehead atoms. The number of hydrogen-bond acceptors (Lipinski definition) is 4. The maximum atomic E-state index is 14.1. The number of benzene rings is 2. The zero-order chi connectivity index (χ0) is 27.0. The summed E-state index contributed by atoms with van der Waals surface area (Å²) in [4.78, 5) is 35.2. The lowest BCUT2D eigenvalue weighted by molar-refractivity contribution is -0.127. The van der Waals surface area contributed by atoms with Crippen LogP contribution in [0.2, 0.25) is 0 Å². The number of amides is 2. The van der Waals surface area contributed by atoms with Gasteiger partial charge < -0.3 is 19.9 Å². The van der Waals surface area contributed by atoms with E-state index >= 15 is 0 Å². The SMILES string of the molecule is O=C(NC1CCCCC1)[C@H](c1ccc(F)cc1)N(CCN1CCOCC1)C(=O)c1ccc(-c2ccccc2)[nH]1. The molecule has 2 heterocycles. The van der Waals surface area contributed by atoms with E-state index in [4.69, 9.17) is 4.74 Å². The minimum atomic E-state index is -0.885. The Balaban J connectivity index is 1.46. The number of morpholine rings is 1. The number of aromatic amines is 1. The quantitative estimate of drug-likeness (QED) is 0.416. The van der Waals surface area contributed by atoms with Crippen LogP contribution in [0, 0.1) is 5.82 Å². The van der Waals surface area contributed by atoms with Crippen LogP contribution >= 0.6 is 0 Å². The number of ether oxygens (including phenoxy) is 1. The highest BCUT2D eigenvalue weighted by atomic mass is 19.1. The van der Waals surface area contributed by atoms with Crippen molar-refractivity contribution in [2.45, 2.75) is 44.2 Å². The van der Waals surface area contributed by atoms with Crippen LogP contribution in [0.25, 0.3) is 11.3 Å². The Morgan fingerprint density at radius 3 is 2.41 bits per heavy atom. The molecule has 3 aromatic rings. The average Bonchev–Trinajstić information content (AvgIpc) is 3.48. The summed E-state index contributed by atoms with van der Waals surface area (Å²) in [7, 11) is 0. The first-order valence-corrected chi connectivity index (χ1v) is 14.0. The van der Waals surface area contributed by atoms with E-state index in [0.717, 1.165) is 50.0 Å². The smallest absolute Gasteiger partial charge is 0.271 e. The minimum Gasteiger partial charge on any atom is -0.379 e. The Bertz CT molecular complexity index is 1220. The van der Waals surface area contributed by atoms with Crippen LogP contribution in [0.4, 0.5) is 4.39 Å². The molecule has 1 atom stereocenters. The third-order valence-corrected chi connectivity index (χ3v) is 7.72. The molecular weight excluding hydrogens is 495 g/mol. The van der Waals surface area contributed by atoms with Gasteiger partial charge in [-0.05, 0) is 48.2 Å². The lowest BCUT2D eigenvalue weighted by atomic mass is 9.94. The molecule has 8 heteroatoms. The predicted molar refractivity (Wildman–Crippen MR) is 149 cm³/mol. The van der Waals surface area contributed by atoms with Gasteiger partial charge in [0, 0.05) is 37.9 Å². The average molecular weight is 533 g/mol. The van der Waals surface area contributed by atoms with Gasteiger partial charge in [-0.3, -0.25) is 14.5 Å². The highest BCUT2D eigenvalue weighted by Crippen LogP contribution is 2.27. The second kappa shape index (κ2) is 13.0. The van der Waals surface area contributed by atoms with Crippen LogP contribution in [0.15, 0.2) is 66.7 Å². The summed E-state index contributed by atoms with van der Waals surface area (Å²) in [6.45, 7) is 3.80. The number of carbonyl (C=O) groups excluding carboxylic acids is 2. The van der Waals surface area contributed by atoms with Crippen LogP contribution in [0.1, 0.15) is 54.2 Å². The molecule has 2 N–H and O–H groups in total. The molecule has 206 valence electrons. The molecule has 1 aromatic heterocycles. The molecule has 2 aliphatic rings. The largest absolute Gasteiger partial charge is 0.379 e. The number of H-pyrrole nitrogens is 1. The van der Waals surface area contributed by atoms with Gasteiger partial charge >= 0.3 is 0 Å². The molecule has 1 aliphatic carbocycles. The predicted octanol–water partition coefficient (Wildman–Crippen LogP) is 4.79. The Labute approximate surface area is 229 Å². The molecule has 2 fully saturated rings. The molecular formula is C31H37FN4O3. The molecule has 0 unspecified atom stereocenters. The van der Waals surface area contributed by atoms with Gasteiger partial charge in [0.1, 0.15) is 17.6 Å². The molecule has 7 nitrogen and oxygen atoms in total. The molecule has 2 aromatic carbocycles. The van der Waals surface area contributed by atoms with Gasteiger partial charge in [0.2, 0.25) is 5.91 Å². The summed E-state index contributed by atoms with van der Waals surface area (Å²) in [5.74, 6) is -0.870. The van der Waals surface area contributed by atoms with Crippen molar-refractivity contribution in [3.05, 3.63) is 83.8 Å². The van der Waals surface area contributed by atoms with Gasteiger partial charge in [-0.25, -0.2) is 4.39 Å². The van der Waals surface area contributed by atoms with Crippen LogP contribution < -0.4 is 5.32 Å². The first-order chi connectivity index (χ1) is 19.1. The number of nitrogens with zero attached hydrogens (tertiary/aromatic N) is 2. The maximum Gasteiger partial charge on any atom is 0.271 e. The molecule has 0 radical (unpaired) electrons. The first kappa shape index (κ1) is 27.1. The van der Waals surface area contributed by atoms with Crippen molar-refractivity contribution in [2.24, 2.45) is 0 Å². The third-order valence-electron chi connectivity index (χ3n) is 7.72. The fourth-order valence-corrected chi connectivity index (χ4v) is 5.53. The van der Waals surface area contributed by atoms with E-state index < -0.39 is 6.04 Å². The lowest BCUT2D eigenvalue weighted by Gasteiger charge is -2.35. The highest BCUT2D eigenvalue weighted by molar-refractivity contribution is 5.97. The second-order valence-electron chi connectivity index (χ2n) is 10.4. The second-order valence-corrected chi connectivity index (χ2v) is 10.4. The van der Waals surface area contributed by atoms with E-state index in [1.165, 1.54) is 18.6 Å². The van der Waals surface area contributed by atoms with Gasteiger partial charge in [-0.2, -0.15) is 0 Å². The molecule has 2 amide bonds. The standard InChI is InChI=1S/C31H37FN4O3/c32-25-13-11-24(12-14-25)29(30(37)33-26-9-5-2-6-10-26)36(18-17-35-19-21-39-22-20-35)31(38)28-16-15-27(34-28)23-7-3-1-4-8-23/h1,3-4,7-8,11-16,26,29,34H,2,5-6,9-10,17-22H2,(H,33,37)/t29-/m0/s1. The van der Waals surface area contributed by atoms with Gasteiger partial charge in [0.05, 0.1) is 13.2 Å². The van der Waals surface area contributed by atoms with Gasteiger partial charge in [0.25, 0.3) is 5.91 Å². The van der Waals surface area contributed by atoms with E-state index in [0.29, 0.717) is 37.6 Å². The summed E-state index contributed by atoms with van der Waals surface area (Å²) in [5.41, 5.74) is 2.81. The maximum absolute atomic E-state index is 14.1. The number of hydrogen-bond donors (Lipinski definition) is 2. The Kier molecular flexibility index (Phi) is 9.06. The van der Waals surface area contributed by atoms with Crippen molar-refractivity contribution in [3.63, 3.8) is 0 Å². The Hall–Kier alpha value is -3.49. The van der Waals surface area contributed by atoms with Gasteiger partial charge in [-0.15, -0.1) is 0 Å². The summed E-state index contributed by atoms with van der Waals surface area (Å²) in [6.07, 6.45) is 5.20. The minimum absolute atomic E-state index is 0.0839. The number of nitrogens with one attached hydrogen (secondary N) is 2. The number of aromatic nitrogens is 1. The van der Waals surface area contributed by atoms with E-state index in [1.54, 1.807) is 23.1 Å². The van der Waals surface area contributed by atoms with Crippen LogP contribution in [-0.2, 0) is 9.53 Å². The van der Waals surface area contributed by atoms with Crippen LogP contribution in [0.5, 0.6) is 0 Å². The van der Waals surface area contributed by atoms with Crippen molar-refractivity contribution >= 4 is 11.8 Å². The zero-order valence-electron chi connectivity index (χ0n) is 22.3. The fraction of sp³-hybridized carbons (Fsp3) is 0.419. The molecule has 5 rings (SSSR count). The van der Waals surface area contributed by atoms with Crippen molar-refractivity contribution in [2.75, 3.05) is 39.4 Å². The summed E-state index contributed by atoms with van der Waals surface area (Å²) >= 11 is 0. The third kappa shape index (κ3) is 6.94. The van der Waals surface area contributed by atoms with Gasteiger partial charge in [-0.1, -0.05) is 61.7 Å². The molecule has 0 spiro atoms. The zero-order valence-corrected chi connectivity index (χ0v) is 22.3. The van der Waals surface area contributed by atoms with Crippen molar-refractivity contribution in [3.8, 4) is 11.3 Å². The van der Waals surface area contributed by atoms with E-state index in [-0.39, 0.29) is 23.7 Å². The number of rotatable bonds is 9. The van der Waals surface area contributed by atoms with E-state index in [2.05, 4.69) is 15.2 Å². The summed E-state index contributed by atoms with van der Waals surface area (Å²) in [5, 5.41) is 3.22. The van der Waals surface area contributed by atoms with Crippen molar-refractivity contribution in [1.29, 1.82) is 0 Å². The monoisotopic (exact) mass is 532 g/mol. The molecule has 1 saturated carbocycles. The van der Waals surface area contributed by atoms with E-state index in [9.17, 15) is 14.0 Å². The molecule has 39 heavy (non-hydrogen) atoms.